The van der Waals surface area contributed by atoms with Gasteiger partial charge in [0.2, 0.25) is 21.8 Å². The summed E-state index contributed by atoms with van der Waals surface area (Å²) in [5.74, 6) is 0.148. The number of anilines is 1. The van der Waals surface area contributed by atoms with Gasteiger partial charge >= 0.3 is 0 Å². The summed E-state index contributed by atoms with van der Waals surface area (Å²) in [6, 6.07) is 13.5. The van der Waals surface area contributed by atoms with Crippen molar-refractivity contribution in [1.29, 1.82) is 0 Å². The van der Waals surface area contributed by atoms with Crippen LogP contribution < -0.4 is 14.4 Å². The zero-order valence-electron chi connectivity index (χ0n) is 22.5. The maximum atomic E-state index is 13.6. The van der Waals surface area contributed by atoms with Crippen LogP contribution in [0.15, 0.2) is 48.5 Å². The van der Waals surface area contributed by atoms with E-state index >= 15 is 0 Å². The molecule has 0 unspecified atom stereocenters. The van der Waals surface area contributed by atoms with E-state index in [0.29, 0.717) is 11.4 Å². The maximum absolute atomic E-state index is 13.6. The molecule has 1 atom stereocenters. The lowest BCUT2D eigenvalue weighted by Gasteiger charge is -2.33. The highest BCUT2D eigenvalue weighted by Gasteiger charge is 2.31. The number of rotatable bonds is 10. The Morgan fingerprint density at radius 2 is 1.53 bits per heavy atom. The van der Waals surface area contributed by atoms with Gasteiger partial charge in [-0.15, -0.1) is 0 Å². The first-order valence-corrected chi connectivity index (χ1v) is 13.8. The van der Waals surface area contributed by atoms with Gasteiger partial charge in [-0.25, -0.2) is 8.42 Å². The minimum atomic E-state index is -3.77. The Hall–Kier alpha value is -3.07. The van der Waals surface area contributed by atoms with Crippen molar-refractivity contribution in [2.45, 2.75) is 65.6 Å². The average molecular weight is 518 g/mol. The molecule has 0 bridgehead atoms. The van der Waals surface area contributed by atoms with E-state index in [2.05, 4.69) is 5.32 Å². The molecule has 0 spiro atoms. The number of carbonyl (C=O) groups excluding carboxylic acids is 2. The number of amides is 2. The van der Waals surface area contributed by atoms with Gasteiger partial charge in [0.25, 0.3) is 0 Å². The number of benzene rings is 2. The Morgan fingerprint density at radius 1 is 0.972 bits per heavy atom. The van der Waals surface area contributed by atoms with Crippen molar-refractivity contribution in [2.24, 2.45) is 0 Å². The van der Waals surface area contributed by atoms with E-state index in [4.69, 9.17) is 4.74 Å². The highest BCUT2D eigenvalue weighted by atomic mass is 32.2. The third-order valence-corrected chi connectivity index (χ3v) is 6.84. The van der Waals surface area contributed by atoms with Crippen molar-refractivity contribution in [3.63, 3.8) is 0 Å². The number of nitrogens with one attached hydrogen (secondary N) is 1. The number of methoxy groups -OCH3 is 1. The van der Waals surface area contributed by atoms with Crippen LogP contribution in [0.1, 0.15) is 58.6 Å². The molecule has 0 saturated carbocycles. The molecule has 2 amide bonds. The predicted molar refractivity (Wildman–Crippen MR) is 144 cm³/mol. The van der Waals surface area contributed by atoms with E-state index in [1.54, 1.807) is 38.3 Å². The molecule has 0 heterocycles. The third kappa shape index (κ3) is 8.26. The van der Waals surface area contributed by atoms with Crippen LogP contribution in [0.25, 0.3) is 0 Å². The Labute approximate surface area is 215 Å². The van der Waals surface area contributed by atoms with Crippen LogP contribution in [0, 0.1) is 0 Å². The summed E-state index contributed by atoms with van der Waals surface area (Å²) in [6.45, 7) is 11.0. The highest BCUT2D eigenvalue weighted by molar-refractivity contribution is 7.92. The molecule has 0 radical (unpaired) electrons. The Morgan fingerprint density at radius 3 is 1.97 bits per heavy atom. The quantitative estimate of drug-likeness (QED) is 0.515. The van der Waals surface area contributed by atoms with Crippen LogP contribution >= 0.6 is 0 Å². The van der Waals surface area contributed by atoms with Gasteiger partial charge in [-0.05, 0) is 69.0 Å². The van der Waals surface area contributed by atoms with Crippen LogP contribution in [-0.4, -0.2) is 56.6 Å². The number of ether oxygens (including phenoxy) is 1. The number of sulfonamides is 1. The summed E-state index contributed by atoms with van der Waals surface area (Å²) in [6.07, 6.45) is 1.07. The predicted octanol–water partition coefficient (Wildman–Crippen LogP) is 3.92. The Bertz CT molecular complexity index is 1140. The molecule has 0 aromatic heterocycles. The van der Waals surface area contributed by atoms with E-state index in [-0.39, 0.29) is 18.4 Å². The molecule has 2 rings (SSSR count). The fourth-order valence-corrected chi connectivity index (χ4v) is 4.47. The molecule has 198 valence electrons. The molecule has 0 aliphatic rings. The van der Waals surface area contributed by atoms with E-state index in [9.17, 15) is 18.0 Å². The molecule has 36 heavy (non-hydrogen) atoms. The van der Waals surface area contributed by atoms with Crippen molar-refractivity contribution >= 4 is 27.5 Å². The molecule has 9 heteroatoms. The largest absolute Gasteiger partial charge is 0.497 e. The Balaban J connectivity index is 2.39. The van der Waals surface area contributed by atoms with Crippen molar-refractivity contribution in [1.82, 2.24) is 10.2 Å². The van der Waals surface area contributed by atoms with E-state index in [1.165, 1.54) is 4.90 Å². The van der Waals surface area contributed by atoms with E-state index in [0.717, 1.165) is 21.7 Å². The first-order chi connectivity index (χ1) is 16.6. The third-order valence-electron chi connectivity index (χ3n) is 5.70. The number of hydrogen-bond donors (Lipinski definition) is 1. The normalized spacial score (nSPS) is 12.7. The first kappa shape index (κ1) is 29.2. The number of nitrogens with zero attached hydrogens (tertiary/aromatic N) is 2. The number of carbonyl (C=O) groups is 2. The molecule has 8 nitrogen and oxygen atoms in total. The lowest BCUT2D eigenvalue weighted by atomic mass is 10.0. The fraction of sp³-hybridized carbons (Fsp3) is 0.481. The summed E-state index contributed by atoms with van der Waals surface area (Å²) < 4.78 is 31.7. The van der Waals surface area contributed by atoms with Crippen LogP contribution in [0.4, 0.5) is 5.69 Å². The lowest BCUT2D eigenvalue weighted by molar-refractivity contribution is -0.140. The zero-order valence-corrected chi connectivity index (χ0v) is 23.3. The average Bonchev–Trinajstić information content (AvgIpc) is 2.79. The Kier molecular flexibility index (Phi) is 9.54. The second kappa shape index (κ2) is 11.8. The van der Waals surface area contributed by atoms with Crippen molar-refractivity contribution in [2.75, 3.05) is 24.2 Å². The van der Waals surface area contributed by atoms with Crippen LogP contribution in [0.3, 0.4) is 0 Å². The van der Waals surface area contributed by atoms with Gasteiger partial charge in [0.05, 0.1) is 19.1 Å². The molecule has 0 saturated heterocycles. The standard InChI is InChI=1S/C27H39N3O5S/c1-19(2)22-11-13-23(14-12-22)30(36(8,33)34)18-25(31)29(20(3)26(32)28-27(4,5)6)17-21-9-15-24(35-7)16-10-21/h9-16,19-20H,17-18H2,1-8H3,(H,28,32)/t20-/m0/s1. The molecule has 0 aliphatic heterocycles. The van der Waals surface area contributed by atoms with Crippen molar-refractivity contribution in [3.05, 3.63) is 59.7 Å². The van der Waals surface area contributed by atoms with Gasteiger partial charge in [0.1, 0.15) is 18.3 Å². The second-order valence-corrected chi connectivity index (χ2v) is 12.2. The molecule has 1 N–H and O–H groups in total. The van der Waals surface area contributed by atoms with Gasteiger partial charge in [0, 0.05) is 12.1 Å². The van der Waals surface area contributed by atoms with Crippen LogP contribution in [0.5, 0.6) is 5.75 Å². The van der Waals surface area contributed by atoms with Gasteiger partial charge in [0.15, 0.2) is 0 Å². The zero-order chi connectivity index (χ0) is 27.3. The minimum absolute atomic E-state index is 0.130. The summed E-state index contributed by atoms with van der Waals surface area (Å²) in [5.41, 5.74) is 1.75. The first-order valence-electron chi connectivity index (χ1n) is 11.9. The van der Waals surface area contributed by atoms with Gasteiger partial charge in [-0.1, -0.05) is 38.1 Å². The van der Waals surface area contributed by atoms with Crippen molar-refractivity contribution in [3.8, 4) is 5.75 Å². The SMILES string of the molecule is COc1ccc(CN(C(=O)CN(c2ccc(C(C)C)cc2)S(C)(=O)=O)[C@@H](C)C(=O)NC(C)(C)C)cc1. The van der Waals surface area contributed by atoms with E-state index in [1.807, 2.05) is 58.9 Å². The second-order valence-electron chi connectivity index (χ2n) is 10.3. The highest BCUT2D eigenvalue weighted by Crippen LogP contribution is 2.23. The van der Waals surface area contributed by atoms with Crippen molar-refractivity contribution < 1.29 is 22.7 Å². The molecular weight excluding hydrogens is 478 g/mol. The van der Waals surface area contributed by atoms with Gasteiger partial charge < -0.3 is 15.0 Å². The van der Waals surface area contributed by atoms with E-state index < -0.39 is 34.1 Å². The summed E-state index contributed by atoms with van der Waals surface area (Å²) in [4.78, 5) is 28.0. The minimum Gasteiger partial charge on any atom is -0.497 e. The molecule has 2 aromatic carbocycles. The summed E-state index contributed by atoms with van der Waals surface area (Å²) in [7, 11) is -2.20. The molecule has 0 fully saturated rings. The molecule has 2 aromatic rings. The smallest absolute Gasteiger partial charge is 0.244 e. The van der Waals surface area contributed by atoms with Gasteiger partial charge in [-0.3, -0.25) is 13.9 Å². The number of hydrogen-bond acceptors (Lipinski definition) is 5. The topological polar surface area (TPSA) is 96.0 Å². The lowest BCUT2D eigenvalue weighted by Crippen LogP contribution is -2.54. The van der Waals surface area contributed by atoms with Crippen LogP contribution in [-0.2, 0) is 26.2 Å². The maximum Gasteiger partial charge on any atom is 0.244 e. The fourth-order valence-electron chi connectivity index (χ4n) is 3.62. The monoisotopic (exact) mass is 517 g/mol. The summed E-state index contributed by atoms with van der Waals surface area (Å²) >= 11 is 0. The van der Waals surface area contributed by atoms with Gasteiger partial charge in [-0.2, -0.15) is 0 Å². The summed E-state index contributed by atoms with van der Waals surface area (Å²) in [5, 5.41) is 2.91. The van der Waals surface area contributed by atoms with Crippen LogP contribution in [0.2, 0.25) is 0 Å². The molecule has 0 aliphatic carbocycles. The molecular formula is C27H39N3O5S.